The van der Waals surface area contributed by atoms with Gasteiger partial charge in [-0.2, -0.15) is 4.98 Å². The van der Waals surface area contributed by atoms with Gasteiger partial charge < -0.3 is 10.2 Å². The fraction of sp³-hybridized carbons (Fsp3) is 0.375. The molecule has 0 atom stereocenters. The number of hydrogen-bond donors (Lipinski definition) is 2. The summed E-state index contributed by atoms with van der Waals surface area (Å²) in [5.74, 6) is 7.97. The molecule has 3 N–H and O–H groups in total. The second-order valence-corrected chi connectivity index (χ2v) is 6.18. The van der Waals surface area contributed by atoms with Crippen LogP contribution in [-0.4, -0.2) is 9.97 Å². The zero-order valence-electron chi connectivity index (χ0n) is 13.2. The maximum Gasteiger partial charge on any atom is 0.224 e. The van der Waals surface area contributed by atoms with Crippen molar-refractivity contribution >= 4 is 5.82 Å². The first kappa shape index (κ1) is 15.3. The Hall–Kier alpha value is -2.14. The number of nitrogens with one attached hydrogen (secondary N) is 1. The summed E-state index contributed by atoms with van der Waals surface area (Å²) in [6.07, 6.45) is 0. The highest BCUT2D eigenvalue weighted by molar-refractivity contribution is 5.42. The zero-order valence-corrected chi connectivity index (χ0v) is 13.2. The van der Waals surface area contributed by atoms with Crippen molar-refractivity contribution in [2.45, 2.75) is 40.0 Å². The van der Waals surface area contributed by atoms with Crippen molar-refractivity contribution in [3.8, 4) is 11.6 Å². The number of hydrogen-bond acceptors (Lipinski definition) is 5. The highest BCUT2D eigenvalue weighted by atomic mass is 16.5. The van der Waals surface area contributed by atoms with Crippen molar-refractivity contribution in [1.82, 2.24) is 9.97 Å². The number of hydrazine groups is 1. The summed E-state index contributed by atoms with van der Waals surface area (Å²) < 4.78 is 5.92. The molecule has 0 spiro atoms. The minimum absolute atomic E-state index is 0.188. The van der Waals surface area contributed by atoms with Gasteiger partial charge >= 0.3 is 0 Å². The summed E-state index contributed by atoms with van der Waals surface area (Å²) >= 11 is 0. The van der Waals surface area contributed by atoms with E-state index in [2.05, 4.69) is 21.5 Å². The summed E-state index contributed by atoms with van der Waals surface area (Å²) in [5.41, 5.74) is 4.56. The van der Waals surface area contributed by atoms with Crippen LogP contribution in [0.2, 0.25) is 0 Å². The molecule has 0 aliphatic rings. The third-order valence-electron chi connectivity index (χ3n) is 3.08. The minimum Gasteiger partial charge on any atom is -0.439 e. The molecule has 0 bridgehead atoms. The maximum absolute atomic E-state index is 5.92. The number of benzene rings is 1. The standard InChI is InChI=1S/C16H22N4O/c1-10-6-7-11(2)12(8-10)21-14-9-13(20-17)18-15(19-14)16(3,4)5/h6-9H,17H2,1-5H3,(H,18,19,20). The molecule has 5 nitrogen and oxygen atoms in total. The first-order chi connectivity index (χ1) is 9.79. The number of anilines is 1. The third kappa shape index (κ3) is 3.70. The number of nitrogens with zero attached hydrogens (tertiary/aromatic N) is 2. The SMILES string of the molecule is Cc1ccc(C)c(Oc2cc(NN)nc(C(C)(C)C)n2)c1. The molecule has 5 heteroatoms. The van der Waals surface area contributed by atoms with E-state index in [1.54, 1.807) is 6.07 Å². The van der Waals surface area contributed by atoms with Crippen LogP contribution in [-0.2, 0) is 5.41 Å². The maximum atomic E-state index is 5.92. The van der Waals surface area contributed by atoms with Crippen molar-refractivity contribution in [3.05, 3.63) is 41.2 Å². The Morgan fingerprint density at radius 3 is 2.43 bits per heavy atom. The van der Waals surface area contributed by atoms with E-state index in [0.29, 0.717) is 17.5 Å². The van der Waals surface area contributed by atoms with Gasteiger partial charge in [0.15, 0.2) is 0 Å². The van der Waals surface area contributed by atoms with Crippen molar-refractivity contribution < 1.29 is 4.74 Å². The van der Waals surface area contributed by atoms with Gasteiger partial charge in [-0.05, 0) is 31.0 Å². The van der Waals surface area contributed by atoms with Gasteiger partial charge in [0.2, 0.25) is 5.88 Å². The monoisotopic (exact) mass is 286 g/mol. The molecular weight excluding hydrogens is 264 g/mol. The molecule has 2 rings (SSSR count). The van der Waals surface area contributed by atoms with Crippen LogP contribution in [0.5, 0.6) is 11.6 Å². The Labute approximate surface area is 125 Å². The average molecular weight is 286 g/mol. The molecule has 21 heavy (non-hydrogen) atoms. The summed E-state index contributed by atoms with van der Waals surface area (Å²) in [4.78, 5) is 8.87. The highest BCUT2D eigenvalue weighted by Crippen LogP contribution is 2.28. The van der Waals surface area contributed by atoms with E-state index in [9.17, 15) is 0 Å². The molecule has 0 saturated carbocycles. The first-order valence-corrected chi connectivity index (χ1v) is 6.91. The van der Waals surface area contributed by atoms with Crippen LogP contribution in [0.1, 0.15) is 37.7 Å². The van der Waals surface area contributed by atoms with Crippen molar-refractivity contribution in [2.75, 3.05) is 5.43 Å². The van der Waals surface area contributed by atoms with Crippen LogP contribution in [0.4, 0.5) is 5.82 Å². The Morgan fingerprint density at radius 2 is 1.81 bits per heavy atom. The second-order valence-electron chi connectivity index (χ2n) is 6.18. The summed E-state index contributed by atoms with van der Waals surface area (Å²) in [6, 6.07) is 7.76. The van der Waals surface area contributed by atoms with Crippen LogP contribution in [0.15, 0.2) is 24.3 Å². The van der Waals surface area contributed by atoms with Gasteiger partial charge in [-0.15, -0.1) is 0 Å². The van der Waals surface area contributed by atoms with Gasteiger partial charge in [-0.25, -0.2) is 10.8 Å². The predicted molar refractivity (Wildman–Crippen MR) is 84.5 cm³/mol. The largest absolute Gasteiger partial charge is 0.439 e. The predicted octanol–water partition coefficient (Wildman–Crippen LogP) is 3.47. The summed E-state index contributed by atoms with van der Waals surface area (Å²) in [6.45, 7) is 10.2. The Balaban J connectivity index is 2.42. The van der Waals surface area contributed by atoms with Gasteiger partial charge in [-0.3, -0.25) is 0 Å². The zero-order chi connectivity index (χ0) is 15.6. The smallest absolute Gasteiger partial charge is 0.224 e. The van der Waals surface area contributed by atoms with E-state index in [-0.39, 0.29) is 5.41 Å². The third-order valence-corrected chi connectivity index (χ3v) is 3.08. The van der Waals surface area contributed by atoms with Crippen molar-refractivity contribution in [3.63, 3.8) is 0 Å². The van der Waals surface area contributed by atoms with Gasteiger partial charge in [-0.1, -0.05) is 32.9 Å². The lowest BCUT2D eigenvalue weighted by Gasteiger charge is -2.18. The molecule has 0 unspecified atom stereocenters. The number of nitrogen functional groups attached to an aromatic ring is 1. The number of rotatable bonds is 3. The molecule has 1 aromatic heterocycles. The van der Waals surface area contributed by atoms with E-state index in [4.69, 9.17) is 10.6 Å². The average Bonchev–Trinajstić information content (AvgIpc) is 2.41. The number of nitrogens with two attached hydrogens (primary N) is 1. The van der Waals surface area contributed by atoms with Crippen molar-refractivity contribution in [1.29, 1.82) is 0 Å². The molecule has 0 saturated heterocycles. The van der Waals surface area contributed by atoms with E-state index >= 15 is 0 Å². The molecule has 2 aromatic rings. The number of ether oxygens (including phenoxy) is 1. The molecule has 0 aliphatic carbocycles. The summed E-state index contributed by atoms with van der Waals surface area (Å²) in [5, 5.41) is 0. The van der Waals surface area contributed by atoms with Gasteiger partial charge in [0, 0.05) is 11.5 Å². The topological polar surface area (TPSA) is 73.1 Å². The van der Waals surface area contributed by atoms with Crippen LogP contribution in [0, 0.1) is 13.8 Å². The lowest BCUT2D eigenvalue weighted by molar-refractivity contribution is 0.443. The first-order valence-electron chi connectivity index (χ1n) is 6.91. The number of aryl methyl sites for hydroxylation is 2. The van der Waals surface area contributed by atoms with Gasteiger partial charge in [0.05, 0.1) is 0 Å². The quantitative estimate of drug-likeness (QED) is 0.667. The summed E-state index contributed by atoms with van der Waals surface area (Å²) in [7, 11) is 0. The van der Waals surface area contributed by atoms with Crippen LogP contribution >= 0.6 is 0 Å². The minimum atomic E-state index is -0.188. The normalized spacial score (nSPS) is 11.3. The van der Waals surface area contributed by atoms with Crippen LogP contribution in [0.25, 0.3) is 0 Å². The van der Waals surface area contributed by atoms with Crippen LogP contribution in [0.3, 0.4) is 0 Å². The Bertz CT molecular complexity index is 647. The number of aromatic nitrogens is 2. The fourth-order valence-electron chi connectivity index (χ4n) is 1.82. The molecule has 1 heterocycles. The molecule has 112 valence electrons. The molecule has 0 amide bonds. The lowest BCUT2D eigenvalue weighted by Crippen LogP contribution is -2.19. The van der Waals surface area contributed by atoms with Gasteiger partial charge in [0.25, 0.3) is 0 Å². The molecule has 0 fully saturated rings. The van der Waals surface area contributed by atoms with Crippen LogP contribution < -0.4 is 16.0 Å². The van der Waals surface area contributed by atoms with Crippen molar-refractivity contribution in [2.24, 2.45) is 5.84 Å². The molecule has 0 aliphatic heterocycles. The Kier molecular flexibility index (Phi) is 4.14. The van der Waals surface area contributed by atoms with E-state index in [0.717, 1.165) is 16.9 Å². The molecule has 0 radical (unpaired) electrons. The van der Waals surface area contributed by atoms with E-state index in [1.807, 2.05) is 46.8 Å². The molecular formula is C16H22N4O. The van der Waals surface area contributed by atoms with Gasteiger partial charge in [0.1, 0.15) is 17.4 Å². The van der Waals surface area contributed by atoms with E-state index in [1.165, 1.54) is 0 Å². The molecule has 1 aromatic carbocycles. The second kappa shape index (κ2) is 5.69. The van der Waals surface area contributed by atoms with E-state index < -0.39 is 0 Å². The fourth-order valence-corrected chi connectivity index (χ4v) is 1.82. The highest BCUT2D eigenvalue weighted by Gasteiger charge is 2.20. The Morgan fingerprint density at radius 1 is 1.10 bits per heavy atom. The lowest BCUT2D eigenvalue weighted by atomic mass is 9.96.